The van der Waals surface area contributed by atoms with Crippen LogP contribution in [0.15, 0.2) is 45.9 Å². The summed E-state index contributed by atoms with van der Waals surface area (Å²) in [5.41, 5.74) is 1.51. The van der Waals surface area contributed by atoms with Gasteiger partial charge in [-0.25, -0.2) is 8.42 Å². The summed E-state index contributed by atoms with van der Waals surface area (Å²) in [4.78, 5) is 12.7. The fourth-order valence-corrected chi connectivity index (χ4v) is 5.40. The number of nitrogens with one attached hydrogen (secondary N) is 1. The molecule has 1 amide bonds. The lowest BCUT2D eigenvalue weighted by atomic mass is 9.69. The van der Waals surface area contributed by atoms with Crippen molar-refractivity contribution in [2.75, 3.05) is 13.1 Å². The zero-order chi connectivity index (χ0) is 18.4. The van der Waals surface area contributed by atoms with E-state index in [0.29, 0.717) is 44.7 Å². The zero-order valence-corrected chi connectivity index (χ0v) is 15.5. The summed E-state index contributed by atoms with van der Waals surface area (Å²) in [7, 11) is -3.67. The van der Waals surface area contributed by atoms with Crippen LogP contribution in [-0.4, -0.2) is 31.7 Å². The minimum atomic E-state index is -3.67. The lowest BCUT2D eigenvalue weighted by molar-refractivity contribution is -0.129. The summed E-state index contributed by atoms with van der Waals surface area (Å²) in [6.07, 6.45) is 1.59. The SMILES string of the molecule is CCc1ccc(S(=O)(=O)N2CCC3(CC2)C(=O)NCc2ccccc23)o1. The van der Waals surface area contributed by atoms with Crippen molar-refractivity contribution < 1.29 is 17.6 Å². The van der Waals surface area contributed by atoms with Gasteiger partial charge in [0.25, 0.3) is 10.0 Å². The number of fused-ring (bicyclic) bond motifs is 2. The number of aryl methyl sites for hydroxylation is 1. The van der Waals surface area contributed by atoms with Gasteiger partial charge in [-0.05, 0) is 36.1 Å². The molecule has 2 aromatic rings. The van der Waals surface area contributed by atoms with Gasteiger partial charge < -0.3 is 9.73 Å². The Hall–Kier alpha value is -2.12. The summed E-state index contributed by atoms with van der Waals surface area (Å²) in [6, 6.07) is 11.1. The van der Waals surface area contributed by atoms with Crippen molar-refractivity contribution in [3.05, 3.63) is 53.3 Å². The van der Waals surface area contributed by atoms with Gasteiger partial charge in [0.1, 0.15) is 5.76 Å². The van der Waals surface area contributed by atoms with E-state index in [4.69, 9.17) is 4.42 Å². The molecule has 0 aliphatic carbocycles. The zero-order valence-electron chi connectivity index (χ0n) is 14.7. The molecule has 1 aromatic heterocycles. The number of hydrogen-bond acceptors (Lipinski definition) is 4. The second-order valence-corrected chi connectivity index (χ2v) is 8.77. The van der Waals surface area contributed by atoms with Gasteiger partial charge in [0.05, 0.1) is 5.41 Å². The van der Waals surface area contributed by atoms with E-state index < -0.39 is 15.4 Å². The molecule has 1 spiro atoms. The van der Waals surface area contributed by atoms with Gasteiger partial charge in [0, 0.05) is 26.1 Å². The predicted octanol–water partition coefficient (Wildman–Crippen LogP) is 2.19. The van der Waals surface area contributed by atoms with Gasteiger partial charge >= 0.3 is 0 Å². The number of amides is 1. The third-order valence-corrected chi connectivity index (χ3v) is 7.34. The van der Waals surface area contributed by atoms with Crippen molar-refractivity contribution in [3.63, 3.8) is 0 Å². The number of carbonyl (C=O) groups excluding carboxylic acids is 1. The average molecular weight is 374 g/mol. The number of carbonyl (C=O) groups is 1. The van der Waals surface area contributed by atoms with Gasteiger partial charge in [0.15, 0.2) is 0 Å². The fourth-order valence-electron chi connectivity index (χ4n) is 4.03. The van der Waals surface area contributed by atoms with E-state index in [-0.39, 0.29) is 11.0 Å². The maximum atomic E-state index is 12.8. The molecule has 7 heteroatoms. The molecular formula is C19H22N2O4S. The number of rotatable bonds is 3. The molecule has 0 atom stereocenters. The summed E-state index contributed by atoms with van der Waals surface area (Å²) in [5, 5.41) is 2.95. The Balaban J connectivity index is 1.60. The molecule has 3 heterocycles. The first kappa shape index (κ1) is 17.3. The maximum Gasteiger partial charge on any atom is 0.276 e. The van der Waals surface area contributed by atoms with Crippen molar-refractivity contribution in [2.24, 2.45) is 0 Å². The number of hydrogen-bond donors (Lipinski definition) is 1. The Morgan fingerprint density at radius 1 is 1.15 bits per heavy atom. The van der Waals surface area contributed by atoms with Gasteiger partial charge in [-0.3, -0.25) is 4.79 Å². The first-order valence-electron chi connectivity index (χ1n) is 8.93. The van der Waals surface area contributed by atoms with Crippen LogP contribution in [0.3, 0.4) is 0 Å². The van der Waals surface area contributed by atoms with Crippen molar-refractivity contribution in [1.82, 2.24) is 9.62 Å². The Labute approximate surface area is 153 Å². The molecule has 1 aromatic carbocycles. The van der Waals surface area contributed by atoms with Crippen LogP contribution in [0.25, 0.3) is 0 Å². The van der Waals surface area contributed by atoms with E-state index in [2.05, 4.69) is 5.32 Å². The van der Waals surface area contributed by atoms with Crippen LogP contribution in [0.4, 0.5) is 0 Å². The van der Waals surface area contributed by atoms with Crippen LogP contribution in [0.1, 0.15) is 36.7 Å². The highest BCUT2D eigenvalue weighted by Crippen LogP contribution is 2.41. The fraction of sp³-hybridized carbons (Fsp3) is 0.421. The molecule has 1 N–H and O–H groups in total. The summed E-state index contributed by atoms with van der Waals surface area (Å²) >= 11 is 0. The molecule has 0 saturated carbocycles. The monoisotopic (exact) mass is 374 g/mol. The van der Waals surface area contributed by atoms with Gasteiger partial charge in [-0.2, -0.15) is 4.31 Å². The van der Waals surface area contributed by atoms with E-state index in [1.807, 2.05) is 31.2 Å². The van der Waals surface area contributed by atoms with Crippen LogP contribution in [0.5, 0.6) is 0 Å². The molecule has 2 aliphatic rings. The van der Waals surface area contributed by atoms with Crippen molar-refractivity contribution >= 4 is 15.9 Å². The molecule has 26 heavy (non-hydrogen) atoms. The standard InChI is InChI=1S/C19H22N2O4S/c1-2-15-7-8-17(25-15)26(23,24)21-11-9-19(10-12-21)16-6-4-3-5-14(16)13-20-18(19)22/h3-8H,2,9-13H2,1H3,(H,20,22). The molecular weight excluding hydrogens is 352 g/mol. The highest BCUT2D eigenvalue weighted by atomic mass is 32.2. The van der Waals surface area contributed by atoms with Gasteiger partial charge in [0.2, 0.25) is 11.0 Å². The molecule has 4 rings (SSSR count). The van der Waals surface area contributed by atoms with E-state index in [9.17, 15) is 13.2 Å². The molecule has 2 aliphatic heterocycles. The van der Waals surface area contributed by atoms with Gasteiger partial charge in [-0.1, -0.05) is 31.2 Å². The summed E-state index contributed by atoms with van der Waals surface area (Å²) in [5.74, 6) is 0.650. The number of nitrogens with zero attached hydrogens (tertiary/aromatic N) is 1. The highest BCUT2D eigenvalue weighted by Gasteiger charge is 2.48. The van der Waals surface area contributed by atoms with E-state index >= 15 is 0 Å². The molecule has 1 fully saturated rings. The first-order valence-corrected chi connectivity index (χ1v) is 10.4. The molecule has 138 valence electrons. The maximum absolute atomic E-state index is 12.8. The van der Waals surface area contributed by atoms with Crippen molar-refractivity contribution in [2.45, 2.75) is 43.2 Å². The molecule has 1 saturated heterocycles. The molecule has 6 nitrogen and oxygen atoms in total. The highest BCUT2D eigenvalue weighted by molar-refractivity contribution is 7.89. The quantitative estimate of drug-likeness (QED) is 0.893. The molecule has 0 bridgehead atoms. The van der Waals surface area contributed by atoms with Crippen molar-refractivity contribution in [1.29, 1.82) is 0 Å². The van der Waals surface area contributed by atoms with Crippen LogP contribution in [-0.2, 0) is 33.2 Å². The number of furan rings is 1. The predicted molar refractivity (Wildman–Crippen MR) is 96.0 cm³/mol. The summed E-state index contributed by atoms with van der Waals surface area (Å²) in [6.45, 7) is 3.04. The lowest BCUT2D eigenvalue weighted by Gasteiger charge is -2.43. The second kappa shape index (κ2) is 6.25. The minimum Gasteiger partial charge on any atom is -0.448 e. The number of benzene rings is 1. The Bertz CT molecular complexity index is 940. The Morgan fingerprint density at radius 3 is 2.58 bits per heavy atom. The third kappa shape index (κ3) is 2.57. The van der Waals surface area contributed by atoms with Crippen molar-refractivity contribution in [3.8, 4) is 0 Å². The number of piperidine rings is 1. The smallest absolute Gasteiger partial charge is 0.276 e. The van der Waals surface area contributed by atoms with Gasteiger partial charge in [-0.15, -0.1) is 0 Å². The van der Waals surface area contributed by atoms with Crippen LogP contribution >= 0.6 is 0 Å². The molecule has 0 radical (unpaired) electrons. The van der Waals surface area contributed by atoms with E-state index in [1.54, 1.807) is 6.07 Å². The lowest BCUT2D eigenvalue weighted by Crippen LogP contribution is -2.55. The topological polar surface area (TPSA) is 79.6 Å². The van der Waals surface area contributed by atoms with Crippen LogP contribution in [0.2, 0.25) is 0 Å². The summed E-state index contributed by atoms with van der Waals surface area (Å²) < 4.78 is 32.6. The molecule has 0 unspecified atom stereocenters. The van der Waals surface area contributed by atoms with E-state index in [1.165, 1.54) is 10.4 Å². The average Bonchev–Trinajstić information content (AvgIpc) is 3.16. The minimum absolute atomic E-state index is 0.000448. The van der Waals surface area contributed by atoms with Crippen LogP contribution in [0, 0.1) is 0 Å². The largest absolute Gasteiger partial charge is 0.448 e. The Morgan fingerprint density at radius 2 is 1.88 bits per heavy atom. The normalized spacial score (nSPS) is 20.0. The first-order chi connectivity index (χ1) is 12.5. The van der Waals surface area contributed by atoms with Crippen LogP contribution < -0.4 is 5.32 Å². The second-order valence-electron chi connectivity index (χ2n) is 6.90. The third-order valence-electron chi connectivity index (χ3n) is 5.56. The Kier molecular flexibility index (Phi) is 4.16. The van der Waals surface area contributed by atoms with E-state index in [0.717, 1.165) is 11.1 Å². The number of sulfonamides is 1.